The zero-order valence-electron chi connectivity index (χ0n) is 11.7. The molecule has 8 nitrogen and oxygen atoms in total. The normalized spacial score (nSPS) is 18.9. The van der Waals surface area contributed by atoms with Crippen molar-refractivity contribution in [2.45, 2.75) is 32.4 Å². The topological polar surface area (TPSA) is 108 Å². The van der Waals surface area contributed by atoms with E-state index < -0.39 is 30.4 Å². The standard InChI is InChI=1S/C12H21N3O5/c1-8(2)20-6-4-14-12(19)15-5-3-13-11(18)9(15)7-10(16)17/h8-9H,3-7H2,1-2H3,(H,13,18)(H,14,19)(H,16,17). The van der Waals surface area contributed by atoms with E-state index in [1.807, 2.05) is 13.8 Å². The molecule has 1 aliphatic rings. The second kappa shape index (κ2) is 7.68. The molecule has 0 aromatic heterocycles. The molecule has 1 heterocycles. The van der Waals surface area contributed by atoms with Crippen molar-refractivity contribution in [2.24, 2.45) is 0 Å². The van der Waals surface area contributed by atoms with E-state index in [4.69, 9.17) is 9.84 Å². The minimum Gasteiger partial charge on any atom is -0.481 e. The van der Waals surface area contributed by atoms with Gasteiger partial charge < -0.3 is 25.4 Å². The summed E-state index contributed by atoms with van der Waals surface area (Å²) in [6.45, 7) is 5.08. The first-order valence-electron chi connectivity index (χ1n) is 6.57. The highest BCUT2D eigenvalue weighted by atomic mass is 16.5. The summed E-state index contributed by atoms with van der Waals surface area (Å²) < 4.78 is 5.29. The number of ether oxygens (including phenoxy) is 1. The van der Waals surface area contributed by atoms with Crippen LogP contribution in [0.4, 0.5) is 4.79 Å². The van der Waals surface area contributed by atoms with Crippen molar-refractivity contribution >= 4 is 17.9 Å². The molecular weight excluding hydrogens is 266 g/mol. The van der Waals surface area contributed by atoms with Gasteiger partial charge in [0.2, 0.25) is 5.91 Å². The number of nitrogens with zero attached hydrogens (tertiary/aromatic N) is 1. The van der Waals surface area contributed by atoms with Gasteiger partial charge in [-0.2, -0.15) is 0 Å². The third-order valence-corrected chi connectivity index (χ3v) is 2.79. The number of carbonyl (C=O) groups is 3. The summed E-state index contributed by atoms with van der Waals surface area (Å²) >= 11 is 0. The molecule has 1 rings (SSSR count). The molecule has 3 N–H and O–H groups in total. The SMILES string of the molecule is CC(C)OCCNC(=O)N1CCNC(=O)C1CC(=O)O. The largest absolute Gasteiger partial charge is 0.481 e. The molecule has 1 atom stereocenters. The minimum atomic E-state index is -1.12. The second-order valence-corrected chi connectivity index (χ2v) is 4.75. The molecule has 0 saturated carbocycles. The highest BCUT2D eigenvalue weighted by Gasteiger charge is 2.34. The zero-order chi connectivity index (χ0) is 15.1. The fourth-order valence-electron chi connectivity index (χ4n) is 1.88. The van der Waals surface area contributed by atoms with Crippen LogP contribution in [0.5, 0.6) is 0 Å². The molecule has 1 saturated heterocycles. The van der Waals surface area contributed by atoms with E-state index >= 15 is 0 Å². The highest BCUT2D eigenvalue weighted by molar-refractivity contribution is 5.91. The summed E-state index contributed by atoms with van der Waals surface area (Å²) in [7, 11) is 0. The predicted octanol–water partition coefficient (Wildman–Crippen LogP) is -0.604. The Bertz CT molecular complexity index is 372. The third-order valence-electron chi connectivity index (χ3n) is 2.79. The molecular formula is C12H21N3O5. The number of carbonyl (C=O) groups excluding carboxylic acids is 2. The molecule has 0 aromatic carbocycles. The lowest BCUT2D eigenvalue weighted by Gasteiger charge is -2.34. The third kappa shape index (κ3) is 5.04. The van der Waals surface area contributed by atoms with Gasteiger partial charge in [-0.25, -0.2) is 4.79 Å². The predicted molar refractivity (Wildman–Crippen MR) is 70.2 cm³/mol. The average molecular weight is 287 g/mol. The summed E-state index contributed by atoms with van der Waals surface area (Å²) in [5, 5.41) is 14.0. The van der Waals surface area contributed by atoms with Crippen molar-refractivity contribution in [3.05, 3.63) is 0 Å². The van der Waals surface area contributed by atoms with Gasteiger partial charge in [0.25, 0.3) is 0 Å². The highest BCUT2D eigenvalue weighted by Crippen LogP contribution is 2.09. The van der Waals surface area contributed by atoms with E-state index in [0.29, 0.717) is 26.2 Å². The maximum Gasteiger partial charge on any atom is 0.318 e. The molecule has 20 heavy (non-hydrogen) atoms. The van der Waals surface area contributed by atoms with Crippen LogP contribution in [0.2, 0.25) is 0 Å². The Morgan fingerprint density at radius 3 is 2.85 bits per heavy atom. The van der Waals surface area contributed by atoms with Crippen molar-refractivity contribution < 1.29 is 24.2 Å². The van der Waals surface area contributed by atoms with Gasteiger partial charge in [0.1, 0.15) is 6.04 Å². The maximum absolute atomic E-state index is 12.0. The van der Waals surface area contributed by atoms with Gasteiger partial charge in [-0.1, -0.05) is 0 Å². The first-order valence-corrected chi connectivity index (χ1v) is 6.57. The van der Waals surface area contributed by atoms with Crippen LogP contribution in [-0.4, -0.2) is 66.3 Å². The number of rotatable bonds is 6. The van der Waals surface area contributed by atoms with Crippen LogP contribution in [-0.2, 0) is 14.3 Å². The molecule has 8 heteroatoms. The number of aliphatic carboxylic acids is 1. The minimum absolute atomic E-state index is 0.0763. The molecule has 0 bridgehead atoms. The number of hydrogen-bond acceptors (Lipinski definition) is 4. The lowest BCUT2D eigenvalue weighted by Crippen LogP contribution is -2.60. The van der Waals surface area contributed by atoms with Crippen LogP contribution in [0, 0.1) is 0 Å². The molecule has 0 spiro atoms. The van der Waals surface area contributed by atoms with E-state index in [9.17, 15) is 14.4 Å². The van der Waals surface area contributed by atoms with Gasteiger partial charge in [0.15, 0.2) is 0 Å². The molecule has 114 valence electrons. The van der Waals surface area contributed by atoms with Crippen molar-refractivity contribution in [2.75, 3.05) is 26.2 Å². The number of urea groups is 1. The number of amides is 3. The van der Waals surface area contributed by atoms with E-state index in [2.05, 4.69) is 10.6 Å². The van der Waals surface area contributed by atoms with Crippen LogP contribution in [0.3, 0.4) is 0 Å². The molecule has 0 radical (unpaired) electrons. The molecule has 0 aromatic rings. The quantitative estimate of drug-likeness (QED) is 0.565. The van der Waals surface area contributed by atoms with E-state index in [0.717, 1.165) is 0 Å². The van der Waals surface area contributed by atoms with Crippen LogP contribution >= 0.6 is 0 Å². The van der Waals surface area contributed by atoms with Crippen molar-refractivity contribution in [1.82, 2.24) is 15.5 Å². The number of hydrogen-bond donors (Lipinski definition) is 3. The Morgan fingerprint density at radius 1 is 1.55 bits per heavy atom. The van der Waals surface area contributed by atoms with Gasteiger partial charge in [0, 0.05) is 19.6 Å². The Labute approximate surface area is 117 Å². The van der Waals surface area contributed by atoms with E-state index in [1.165, 1.54) is 4.90 Å². The number of nitrogens with one attached hydrogen (secondary N) is 2. The number of piperazine rings is 1. The summed E-state index contributed by atoms with van der Waals surface area (Å²) in [5.41, 5.74) is 0. The number of carboxylic acids is 1. The van der Waals surface area contributed by atoms with Crippen molar-refractivity contribution in [3.8, 4) is 0 Å². The zero-order valence-corrected chi connectivity index (χ0v) is 11.7. The molecule has 1 unspecified atom stereocenters. The lowest BCUT2D eigenvalue weighted by molar-refractivity contribution is -0.142. The fraction of sp³-hybridized carbons (Fsp3) is 0.750. The van der Waals surface area contributed by atoms with E-state index in [1.54, 1.807) is 0 Å². The molecule has 3 amide bonds. The molecule has 0 aliphatic carbocycles. The molecule has 1 aliphatic heterocycles. The second-order valence-electron chi connectivity index (χ2n) is 4.75. The van der Waals surface area contributed by atoms with Gasteiger partial charge in [-0.15, -0.1) is 0 Å². The Morgan fingerprint density at radius 2 is 2.25 bits per heavy atom. The fourth-order valence-corrected chi connectivity index (χ4v) is 1.88. The lowest BCUT2D eigenvalue weighted by atomic mass is 10.1. The van der Waals surface area contributed by atoms with Crippen LogP contribution in [0.25, 0.3) is 0 Å². The smallest absolute Gasteiger partial charge is 0.318 e. The first kappa shape index (κ1) is 16.2. The Hall–Kier alpha value is -1.83. The summed E-state index contributed by atoms with van der Waals surface area (Å²) in [5.74, 6) is -1.56. The van der Waals surface area contributed by atoms with Crippen LogP contribution < -0.4 is 10.6 Å². The first-order chi connectivity index (χ1) is 9.41. The van der Waals surface area contributed by atoms with Crippen LogP contribution in [0.1, 0.15) is 20.3 Å². The van der Waals surface area contributed by atoms with Gasteiger partial charge in [-0.3, -0.25) is 9.59 Å². The average Bonchev–Trinajstić information content (AvgIpc) is 2.36. The van der Waals surface area contributed by atoms with Crippen LogP contribution in [0.15, 0.2) is 0 Å². The van der Waals surface area contributed by atoms with Crippen molar-refractivity contribution in [1.29, 1.82) is 0 Å². The van der Waals surface area contributed by atoms with Gasteiger partial charge in [-0.05, 0) is 13.8 Å². The Balaban J connectivity index is 2.50. The molecule has 1 fully saturated rings. The monoisotopic (exact) mass is 287 g/mol. The maximum atomic E-state index is 12.0. The van der Waals surface area contributed by atoms with E-state index in [-0.39, 0.29) is 6.10 Å². The number of carboxylic acid groups (broad SMARTS) is 1. The van der Waals surface area contributed by atoms with Gasteiger partial charge in [0.05, 0.1) is 19.1 Å². The van der Waals surface area contributed by atoms with Crippen molar-refractivity contribution in [3.63, 3.8) is 0 Å². The van der Waals surface area contributed by atoms with Gasteiger partial charge >= 0.3 is 12.0 Å². The summed E-state index contributed by atoms with van der Waals surface area (Å²) in [4.78, 5) is 35.6. The summed E-state index contributed by atoms with van der Waals surface area (Å²) in [6.07, 6.45) is -0.325. The Kier molecular flexibility index (Phi) is 6.23. The summed E-state index contributed by atoms with van der Waals surface area (Å²) in [6, 6.07) is -1.41.